The summed E-state index contributed by atoms with van der Waals surface area (Å²) in [5, 5.41) is 0. The Bertz CT molecular complexity index is 834. The first-order chi connectivity index (χ1) is 12.0. The van der Waals surface area contributed by atoms with E-state index in [0.717, 1.165) is 33.6 Å². The van der Waals surface area contributed by atoms with Gasteiger partial charge in [-0.05, 0) is 60.4 Å². The van der Waals surface area contributed by atoms with E-state index in [9.17, 15) is 14.0 Å². The molecule has 0 aliphatic rings. The van der Waals surface area contributed by atoms with Crippen molar-refractivity contribution in [3.8, 4) is 11.1 Å². The van der Waals surface area contributed by atoms with Crippen molar-refractivity contribution in [1.29, 1.82) is 0 Å². The van der Waals surface area contributed by atoms with Gasteiger partial charge in [0.2, 0.25) is 0 Å². The van der Waals surface area contributed by atoms with Crippen molar-refractivity contribution in [2.24, 2.45) is 0 Å². The van der Waals surface area contributed by atoms with Gasteiger partial charge in [0.05, 0.1) is 5.69 Å². The minimum absolute atomic E-state index is 0.133. The molecule has 1 aromatic heterocycles. The van der Waals surface area contributed by atoms with Crippen molar-refractivity contribution in [2.45, 2.75) is 26.7 Å². The zero-order chi connectivity index (χ0) is 18.4. The van der Waals surface area contributed by atoms with Gasteiger partial charge >= 0.3 is 0 Å². The normalized spacial score (nSPS) is 11.6. The van der Waals surface area contributed by atoms with E-state index in [0.29, 0.717) is 12.6 Å². The minimum atomic E-state index is -0.325. The number of allylic oxidation sites excluding steroid dienone is 2. The molecule has 0 aliphatic heterocycles. The number of halogens is 1. The van der Waals surface area contributed by atoms with Crippen molar-refractivity contribution in [3.63, 3.8) is 0 Å². The molecule has 128 valence electrons. The van der Waals surface area contributed by atoms with Gasteiger partial charge in [-0.3, -0.25) is 14.6 Å². The summed E-state index contributed by atoms with van der Waals surface area (Å²) in [6, 6.07) is 6.15. The molecule has 0 bridgehead atoms. The van der Waals surface area contributed by atoms with E-state index in [-0.39, 0.29) is 11.7 Å². The molecular formula is C21H20FNO2. The van der Waals surface area contributed by atoms with Gasteiger partial charge in [0.15, 0.2) is 0 Å². The van der Waals surface area contributed by atoms with Crippen LogP contribution < -0.4 is 0 Å². The number of pyridine rings is 1. The van der Waals surface area contributed by atoms with Gasteiger partial charge in [-0.15, -0.1) is 0 Å². The van der Waals surface area contributed by atoms with Crippen LogP contribution >= 0.6 is 0 Å². The average molecular weight is 337 g/mol. The van der Waals surface area contributed by atoms with E-state index < -0.39 is 0 Å². The van der Waals surface area contributed by atoms with Gasteiger partial charge in [0, 0.05) is 16.8 Å². The summed E-state index contributed by atoms with van der Waals surface area (Å²) < 4.78 is 13.4. The van der Waals surface area contributed by atoms with Crippen LogP contribution in [0, 0.1) is 12.7 Å². The van der Waals surface area contributed by atoms with Crippen LogP contribution in [-0.4, -0.2) is 17.6 Å². The lowest BCUT2D eigenvalue weighted by Crippen LogP contribution is -2.05. The van der Waals surface area contributed by atoms with Crippen molar-refractivity contribution < 1.29 is 14.0 Å². The molecule has 0 saturated heterocycles. The Morgan fingerprint density at radius 2 is 1.52 bits per heavy atom. The number of hydrogen-bond acceptors (Lipinski definition) is 3. The number of aromatic nitrogens is 1. The number of carbonyl (C=O) groups excluding carboxylic acids is 2. The minimum Gasteiger partial charge on any atom is -0.299 e. The van der Waals surface area contributed by atoms with Gasteiger partial charge in [0.25, 0.3) is 0 Å². The Morgan fingerprint density at radius 1 is 0.960 bits per heavy atom. The molecule has 0 radical (unpaired) electrons. The molecule has 1 heterocycles. The fourth-order valence-corrected chi connectivity index (χ4v) is 2.77. The average Bonchev–Trinajstić information content (AvgIpc) is 2.59. The van der Waals surface area contributed by atoms with Crippen molar-refractivity contribution in [1.82, 2.24) is 4.98 Å². The number of aryl methyl sites for hydroxylation is 1. The van der Waals surface area contributed by atoms with Crippen molar-refractivity contribution in [2.75, 3.05) is 0 Å². The molecule has 0 N–H and O–H groups in total. The monoisotopic (exact) mass is 337 g/mol. The van der Waals surface area contributed by atoms with E-state index in [2.05, 4.69) is 4.98 Å². The summed E-state index contributed by atoms with van der Waals surface area (Å²) in [7, 11) is 0. The van der Waals surface area contributed by atoms with E-state index in [4.69, 9.17) is 0 Å². The smallest absolute Gasteiger partial charge is 0.142 e. The molecule has 2 rings (SSSR count). The summed E-state index contributed by atoms with van der Waals surface area (Å²) in [5.74, 6) is -0.193. The van der Waals surface area contributed by atoms with Crippen LogP contribution in [0.15, 0.2) is 36.4 Å². The van der Waals surface area contributed by atoms with Crippen LogP contribution in [0.5, 0.6) is 0 Å². The maximum atomic E-state index is 13.4. The van der Waals surface area contributed by atoms with Crippen LogP contribution in [-0.2, 0) is 9.59 Å². The van der Waals surface area contributed by atoms with E-state index in [1.807, 2.05) is 20.8 Å². The second-order valence-electron chi connectivity index (χ2n) is 5.94. The highest BCUT2D eigenvalue weighted by Crippen LogP contribution is 2.35. The molecule has 0 atom stereocenters. The molecule has 0 saturated carbocycles. The van der Waals surface area contributed by atoms with Gasteiger partial charge < -0.3 is 0 Å². The highest BCUT2D eigenvalue weighted by atomic mass is 19.1. The van der Waals surface area contributed by atoms with Gasteiger partial charge in [-0.1, -0.05) is 26.0 Å². The number of hydrogen-bond donors (Lipinski definition) is 0. The Balaban J connectivity index is 2.91. The van der Waals surface area contributed by atoms with E-state index in [1.165, 1.54) is 24.3 Å². The highest BCUT2D eigenvalue weighted by molar-refractivity contribution is 5.89. The van der Waals surface area contributed by atoms with Crippen LogP contribution in [0.1, 0.15) is 42.3 Å². The maximum absolute atomic E-state index is 13.4. The molecule has 1 aromatic carbocycles. The second kappa shape index (κ2) is 8.29. The molecule has 0 unspecified atom stereocenters. The first-order valence-electron chi connectivity index (χ1n) is 8.03. The third kappa shape index (κ3) is 4.15. The number of aldehydes is 2. The number of carbonyl (C=O) groups is 2. The van der Waals surface area contributed by atoms with Crippen molar-refractivity contribution >= 4 is 24.7 Å². The van der Waals surface area contributed by atoms with Crippen LogP contribution in [0.2, 0.25) is 0 Å². The Hall–Kier alpha value is -2.88. The second-order valence-corrected chi connectivity index (χ2v) is 5.94. The fraction of sp³-hybridized carbons (Fsp3) is 0.190. The lowest BCUT2D eigenvalue weighted by Gasteiger charge is -2.19. The molecule has 25 heavy (non-hydrogen) atoms. The summed E-state index contributed by atoms with van der Waals surface area (Å²) in [4.78, 5) is 26.3. The molecule has 0 fully saturated rings. The van der Waals surface area contributed by atoms with E-state index in [1.54, 1.807) is 24.3 Å². The summed E-state index contributed by atoms with van der Waals surface area (Å²) in [6.07, 6.45) is 7.63. The SMILES string of the molecule is Cc1nc(C(C)C)c(/C=C/C=O)c(-c2ccc(F)cc2)c1/C=C/C=O. The lowest BCUT2D eigenvalue weighted by atomic mass is 9.89. The van der Waals surface area contributed by atoms with E-state index >= 15 is 0 Å². The molecule has 0 aliphatic carbocycles. The molecule has 0 amide bonds. The number of benzene rings is 1. The largest absolute Gasteiger partial charge is 0.299 e. The summed E-state index contributed by atoms with van der Waals surface area (Å²) in [5.41, 5.74) is 4.80. The molecule has 0 spiro atoms. The first-order valence-corrected chi connectivity index (χ1v) is 8.03. The highest BCUT2D eigenvalue weighted by Gasteiger charge is 2.18. The van der Waals surface area contributed by atoms with Crippen molar-refractivity contribution in [3.05, 3.63) is 64.7 Å². The summed E-state index contributed by atoms with van der Waals surface area (Å²) >= 11 is 0. The number of rotatable bonds is 6. The predicted molar refractivity (Wildman–Crippen MR) is 98.7 cm³/mol. The number of nitrogens with zero attached hydrogens (tertiary/aromatic N) is 1. The van der Waals surface area contributed by atoms with Crippen LogP contribution in [0.25, 0.3) is 23.3 Å². The summed E-state index contributed by atoms with van der Waals surface area (Å²) in [6.45, 7) is 5.92. The standard InChI is InChI=1S/C21H20FNO2/c1-14(2)21-19(7-5-13-25)20(16-8-10-17(22)11-9-16)18(6-4-12-24)15(3)23-21/h4-14H,1-3H3/b6-4+,7-5+. The third-order valence-corrected chi connectivity index (χ3v) is 3.86. The lowest BCUT2D eigenvalue weighted by molar-refractivity contribution is -0.104. The first kappa shape index (κ1) is 18.5. The van der Waals surface area contributed by atoms with Gasteiger partial charge in [0.1, 0.15) is 18.4 Å². The molecule has 2 aromatic rings. The Morgan fingerprint density at radius 3 is 2.04 bits per heavy atom. The zero-order valence-corrected chi connectivity index (χ0v) is 14.5. The molecular weight excluding hydrogens is 317 g/mol. The third-order valence-electron chi connectivity index (χ3n) is 3.86. The Kier molecular flexibility index (Phi) is 6.12. The molecule has 3 nitrogen and oxygen atoms in total. The fourth-order valence-electron chi connectivity index (χ4n) is 2.77. The van der Waals surface area contributed by atoms with Gasteiger partial charge in [-0.2, -0.15) is 0 Å². The quantitative estimate of drug-likeness (QED) is 0.565. The Labute approximate surface area is 146 Å². The van der Waals surface area contributed by atoms with Crippen LogP contribution in [0.3, 0.4) is 0 Å². The maximum Gasteiger partial charge on any atom is 0.142 e. The van der Waals surface area contributed by atoms with Gasteiger partial charge in [-0.25, -0.2) is 4.39 Å². The molecule has 4 heteroatoms. The zero-order valence-electron chi connectivity index (χ0n) is 14.5. The predicted octanol–water partition coefficient (Wildman–Crippen LogP) is 4.74. The van der Waals surface area contributed by atoms with Crippen LogP contribution in [0.4, 0.5) is 4.39 Å². The topological polar surface area (TPSA) is 47.0 Å².